The maximum atomic E-state index is 10.9. The summed E-state index contributed by atoms with van der Waals surface area (Å²) in [7, 11) is -3.33. The average Bonchev–Trinajstić information content (AvgIpc) is 2.31. The lowest BCUT2D eigenvalue weighted by Gasteiger charge is -1.97. The van der Waals surface area contributed by atoms with Crippen molar-refractivity contribution in [2.24, 2.45) is 0 Å². The van der Waals surface area contributed by atoms with E-state index in [2.05, 4.69) is 22.9 Å². The molecule has 3 nitrogen and oxygen atoms in total. The van der Waals surface area contributed by atoms with Crippen LogP contribution in [0.1, 0.15) is 58.8 Å². The average molecular weight is 260 g/mol. The second-order valence-electron chi connectivity index (χ2n) is 3.98. The van der Waals surface area contributed by atoms with Gasteiger partial charge in [0.15, 0.2) is 0 Å². The molecule has 0 aromatic rings. The van der Waals surface area contributed by atoms with Crippen LogP contribution in [-0.4, -0.2) is 20.8 Å². The van der Waals surface area contributed by atoms with Crippen LogP contribution in [0.5, 0.6) is 0 Å². The second kappa shape index (κ2) is 10.6. The van der Waals surface area contributed by atoms with E-state index in [1.165, 1.54) is 32.1 Å². The minimum atomic E-state index is -3.33. The zero-order chi connectivity index (χ0) is 13.0. The van der Waals surface area contributed by atoms with Crippen molar-refractivity contribution in [3.63, 3.8) is 0 Å². The first-order valence-electron chi connectivity index (χ1n) is 6.45. The van der Waals surface area contributed by atoms with E-state index in [4.69, 9.17) is 0 Å². The Hall–Kier alpha value is -0.530. The Bertz CT molecular complexity index is 322. The van der Waals surface area contributed by atoms with Gasteiger partial charge >= 0.3 is 0 Å². The standard InChI is InChI=1S/C13H24O3S/c1-3-5-6-7-8-9-10-11-12-13-16-17(14,15)4-2/h3-10,13H2,1-2H3. The van der Waals surface area contributed by atoms with Crippen molar-refractivity contribution in [3.05, 3.63) is 0 Å². The molecule has 0 bridgehead atoms. The van der Waals surface area contributed by atoms with Crippen LogP contribution in [0.3, 0.4) is 0 Å². The summed E-state index contributed by atoms with van der Waals surface area (Å²) in [6.45, 7) is 3.75. The predicted molar refractivity (Wildman–Crippen MR) is 71.2 cm³/mol. The molecule has 4 heteroatoms. The number of hydrogen-bond acceptors (Lipinski definition) is 3. The van der Waals surface area contributed by atoms with Crippen molar-refractivity contribution in [1.29, 1.82) is 0 Å². The highest BCUT2D eigenvalue weighted by molar-refractivity contribution is 7.86. The molecule has 0 aliphatic heterocycles. The third-order valence-electron chi connectivity index (χ3n) is 2.44. The first-order chi connectivity index (χ1) is 8.12. The highest BCUT2D eigenvalue weighted by atomic mass is 32.2. The lowest BCUT2D eigenvalue weighted by molar-refractivity contribution is 0.364. The van der Waals surface area contributed by atoms with Gasteiger partial charge in [-0.15, -0.1) is 5.92 Å². The van der Waals surface area contributed by atoms with E-state index >= 15 is 0 Å². The van der Waals surface area contributed by atoms with Gasteiger partial charge in [-0.05, 0) is 13.3 Å². The SMILES string of the molecule is CCCCCCCCC#CCOS(=O)(=O)CC. The monoisotopic (exact) mass is 260 g/mol. The molecule has 0 aliphatic rings. The summed E-state index contributed by atoms with van der Waals surface area (Å²) in [6, 6.07) is 0. The topological polar surface area (TPSA) is 43.4 Å². The van der Waals surface area contributed by atoms with Crippen molar-refractivity contribution in [3.8, 4) is 11.8 Å². The maximum Gasteiger partial charge on any atom is 0.267 e. The molecule has 0 heterocycles. The van der Waals surface area contributed by atoms with Crippen molar-refractivity contribution >= 4 is 10.1 Å². The van der Waals surface area contributed by atoms with Gasteiger partial charge in [0.25, 0.3) is 10.1 Å². The predicted octanol–water partition coefficient (Wildman–Crippen LogP) is 3.11. The number of unbranched alkanes of at least 4 members (excludes halogenated alkanes) is 6. The summed E-state index contributed by atoms with van der Waals surface area (Å²) in [5.41, 5.74) is 0. The van der Waals surface area contributed by atoms with Crippen LogP contribution in [0.15, 0.2) is 0 Å². The van der Waals surface area contributed by atoms with Gasteiger partial charge in [-0.25, -0.2) is 0 Å². The smallest absolute Gasteiger partial charge is 0.257 e. The Balaban J connectivity index is 3.38. The molecule has 0 unspecified atom stereocenters. The Morgan fingerprint density at radius 1 is 0.941 bits per heavy atom. The molecule has 0 saturated heterocycles. The van der Waals surface area contributed by atoms with Crippen LogP contribution in [0.4, 0.5) is 0 Å². The van der Waals surface area contributed by atoms with Crippen molar-refractivity contribution in [2.75, 3.05) is 12.4 Å². The summed E-state index contributed by atoms with van der Waals surface area (Å²) in [5.74, 6) is 5.67. The third-order valence-corrected chi connectivity index (χ3v) is 3.63. The summed E-state index contributed by atoms with van der Waals surface area (Å²) in [6.07, 6.45) is 8.30. The van der Waals surface area contributed by atoms with Gasteiger partial charge in [0.2, 0.25) is 0 Å². The zero-order valence-electron chi connectivity index (χ0n) is 11.0. The molecular formula is C13H24O3S. The molecule has 0 fully saturated rings. The van der Waals surface area contributed by atoms with E-state index < -0.39 is 10.1 Å². The molecule has 0 N–H and O–H groups in total. The van der Waals surface area contributed by atoms with Crippen LogP contribution in [-0.2, 0) is 14.3 Å². The Kier molecular flexibility index (Phi) is 10.3. The summed E-state index contributed by atoms with van der Waals surface area (Å²) in [5, 5.41) is 0. The third kappa shape index (κ3) is 11.7. The van der Waals surface area contributed by atoms with E-state index in [0.717, 1.165) is 12.8 Å². The summed E-state index contributed by atoms with van der Waals surface area (Å²) >= 11 is 0. The molecule has 100 valence electrons. The molecule has 0 spiro atoms. The van der Waals surface area contributed by atoms with E-state index in [-0.39, 0.29) is 12.4 Å². The molecule has 0 radical (unpaired) electrons. The fourth-order valence-corrected chi connectivity index (χ4v) is 1.74. The van der Waals surface area contributed by atoms with Crippen molar-refractivity contribution < 1.29 is 12.6 Å². The lowest BCUT2D eigenvalue weighted by Crippen LogP contribution is -2.07. The molecule has 17 heavy (non-hydrogen) atoms. The van der Waals surface area contributed by atoms with Gasteiger partial charge in [-0.1, -0.05) is 44.9 Å². The number of rotatable bonds is 9. The Morgan fingerprint density at radius 2 is 1.59 bits per heavy atom. The van der Waals surface area contributed by atoms with Crippen molar-refractivity contribution in [2.45, 2.75) is 58.8 Å². The number of hydrogen-bond donors (Lipinski definition) is 0. The van der Waals surface area contributed by atoms with Crippen LogP contribution >= 0.6 is 0 Å². The molecule has 0 atom stereocenters. The van der Waals surface area contributed by atoms with Gasteiger partial charge in [0, 0.05) is 6.42 Å². The quantitative estimate of drug-likeness (QED) is 0.363. The molecule has 0 aromatic carbocycles. The molecule has 0 aliphatic carbocycles. The fourth-order valence-electron chi connectivity index (χ4n) is 1.34. The maximum absolute atomic E-state index is 10.9. The van der Waals surface area contributed by atoms with E-state index in [1.807, 2.05) is 0 Å². The van der Waals surface area contributed by atoms with Crippen LogP contribution in [0.2, 0.25) is 0 Å². The van der Waals surface area contributed by atoms with Gasteiger partial charge in [0.1, 0.15) is 6.61 Å². The van der Waals surface area contributed by atoms with Crippen molar-refractivity contribution in [1.82, 2.24) is 0 Å². The summed E-state index contributed by atoms with van der Waals surface area (Å²) in [4.78, 5) is 0. The zero-order valence-corrected chi connectivity index (χ0v) is 11.8. The van der Waals surface area contributed by atoms with Gasteiger partial charge < -0.3 is 0 Å². The first-order valence-corrected chi connectivity index (χ1v) is 8.03. The highest BCUT2D eigenvalue weighted by Gasteiger charge is 2.04. The molecule has 0 saturated carbocycles. The molecular weight excluding hydrogens is 236 g/mol. The van der Waals surface area contributed by atoms with Gasteiger partial charge in [0.05, 0.1) is 5.75 Å². The first kappa shape index (κ1) is 16.5. The van der Waals surface area contributed by atoms with Crippen LogP contribution in [0.25, 0.3) is 0 Å². The molecule has 0 aromatic heterocycles. The summed E-state index contributed by atoms with van der Waals surface area (Å²) < 4.78 is 26.5. The van der Waals surface area contributed by atoms with Gasteiger partial charge in [-0.2, -0.15) is 8.42 Å². The largest absolute Gasteiger partial charge is 0.267 e. The minimum Gasteiger partial charge on any atom is -0.257 e. The molecule has 0 rings (SSSR count). The lowest BCUT2D eigenvalue weighted by atomic mass is 10.1. The van der Waals surface area contributed by atoms with E-state index in [9.17, 15) is 8.42 Å². The van der Waals surface area contributed by atoms with E-state index in [1.54, 1.807) is 6.92 Å². The Labute approximate surface area is 106 Å². The second-order valence-corrected chi connectivity index (χ2v) is 5.91. The van der Waals surface area contributed by atoms with Crippen LogP contribution in [0, 0.1) is 11.8 Å². The highest BCUT2D eigenvalue weighted by Crippen LogP contribution is 2.06. The Morgan fingerprint density at radius 3 is 2.24 bits per heavy atom. The van der Waals surface area contributed by atoms with Crippen LogP contribution < -0.4 is 0 Å². The minimum absolute atomic E-state index is 0.00606. The van der Waals surface area contributed by atoms with Gasteiger partial charge in [-0.3, -0.25) is 4.18 Å². The fraction of sp³-hybridized carbons (Fsp3) is 0.846. The van der Waals surface area contributed by atoms with E-state index in [0.29, 0.717) is 0 Å². The normalized spacial score (nSPS) is 10.9. The molecule has 0 amide bonds.